The molecule has 0 unspecified atom stereocenters. The van der Waals surface area contributed by atoms with Crippen LogP contribution >= 0.6 is 11.6 Å². The van der Waals surface area contributed by atoms with Crippen LogP contribution in [0.3, 0.4) is 0 Å². The minimum atomic E-state index is -0.915. The number of non-ortho nitro benzene ring substituents is 1. The Morgan fingerprint density at radius 1 is 1.22 bits per heavy atom. The number of hydrogen-bond donors (Lipinski definition) is 1. The van der Waals surface area contributed by atoms with E-state index in [9.17, 15) is 24.5 Å². The lowest BCUT2D eigenvalue weighted by atomic mass is 10.1. The van der Waals surface area contributed by atoms with Crippen molar-refractivity contribution in [3.8, 4) is 0 Å². The topological polar surface area (TPSA) is 141 Å². The Kier molecular flexibility index (Phi) is 6.90. The number of aromatic amines is 1. The number of H-pyrrole nitrogens is 1. The average molecular weight is 459 g/mol. The van der Waals surface area contributed by atoms with Gasteiger partial charge in [-0.2, -0.15) is 0 Å². The smallest absolute Gasteiger partial charge is 0.434 e. The van der Waals surface area contributed by atoms with E-state index in [2.05, 4.69) is 10.3 Å². The van der Waals surface area contributed by atoms with Crippen molar-refractivity contribution in [2.75, 3.05) is 6.61 Å². The van der Waals surface area contributed by atoms with Crippen molar-refractivity contribution in [2.45, 2.75) is 13.5 Å². The maximum absolute atomic E-state index is 12.7. The van der Waals surface area contributed by atoms with E-state index in [4.69, 9.17) is 16.3 Å². The quantitative estimate of drug-likeness (QED) is 0.137. The number of ketones is 1. The molecular formula is C20H17ClN5O6+. The monoisotopic (exact) mass is 458 g/mol. The van der Waals surface area contributed by atoms with Crippen LogP contribution in [0.15, 0.2) is 58.4 Å². The van der Waals surface area contributed by atoms with Gasteiger partial charge in [0.2, 0.25) is 5.78 Å². The minimum absolute atomic E-state index is 0.0284. The van der Waals surface area contributed by atoms with Gasteiger partial charge in [-0.3, -0.25) is 14.9 Å². The van der Waals surface area contributed by atoms with Gasteiger partial charge in [0.25, 0.3) is 5.69 Å². The van der Waals surface area contributed by atoms with Gasteiger partial charge in [0.15, 0.2) is 6.54 Å². The van der Waals surface area contributed by atoms with E-state index < -0.39 is 22.1 Å². The Labute approximate surface area is 185 Å². The molecule has 0 radical (unpaired) electrons. The molecule has 0 spiro atoms. The molecule has 11 nitrogen and oxygen atoms in total. The standard InChI is InChI=1S/C20H16ClN5O6/c1-2-32-20(29)18-19(28)25(22-11-13-3-9-16(10-4-13)26(30)31)23-24(18)12-17(27)14-5-7-15(21)8-6-14/h3-11H,2,12H2,1H3/p+1. The number of halogens is 1. The van der Waals surface area contributed by atoms with Gasteiger partial charge < -0.3 is 4.74 Å². The van der Waals surface area contributed by atoms with Crippen LogP contribution in [0.4, 0.5) is 5.69 Å². The zero-order valence-electron chi connectivity index (χ0n) is 16.7. The number of Topliss-reactive ketones (excluding diaryl/α,β-unsaturated/α-hetero) is 1. The van der Waals surface area contributed by atoms with E-state index >= 15 is 0 Å². The van der Waals surface area contributed by atoms with Crippen molar-refractivity contribution < 1.29 is 23.9 Å². The molecule has 3 rings (SSSR count). The van der Waals surface area contributed by atoms with Crippen LogP contribution in [0.2, 0.25) is 5.02 Å². The maximum Gasteiger partial charge on any atom is 0.434 e. The average Bonchev–Trinajstić information content (AvgIpc) is 3.08. The number of carbonyl (C=O) groups is 2. The van der Waals surface area contributed by atoms with E-state index in [1.807, 2.05) is 0 Å². The van der Waals surface area contributed by atoms with Gasteiger partial charge in [-0.15, -0.1) is 4.68 Å². The molecule has 164 valence electrons. The van der Waals surface area contributed by atoms with Gasteiger partial charge >= 0.3 is 17.2 Å². The van der Waals surface area contributed by atoms with Gasteiger partial charge in [-0.05, 0) is 48.9 Å². The van der Waals surface area contributed by atoms with Crippen LogP contribution in [0, 0.1) is 10.1 Å². The first-order valence-electron chi connectivity index (χ1n) is 9.29. The predicted octanol–water partition coefficient (Wildman–Crippen LogP) is 1.97. The lowest BCUT2D eigenvalue weighted by molar-refractivity contribution is -0.744. The number of rotatable bonds is 8. The number of nitrogens with zero attached hydrogens (tertiary/aromatic N) is 4. The fraction of sp³-hybridized carbons (Fsp3) is 0.150. The first kappa shape index (κ1) is 22.6. The first-order chi connectivity index (χ1) is 15.3. The molecule has 1 aromatic heterocycles. The highest BCUT2D eigenvalue weighted by molar-refractivity contribution is 6.30. The SMILES string of the molecule is CCOC(=O)c1c(=O)n(N=Cc2ccc([N+](=O)[O-])cc2)[nH][n+]1CC(=O)c1ccc(Cl)cc1. The Morgan fingerprint density at radius 2 is 1.88 bits per heavy atom. The van der Waals surface area contributed by atoms with E-state index in [0.717, 1.165) is 9.47 Å². The molecule has 0 aliphatic carbocycles. The fourth-order valence-electron chi connectivity index (χ4n) is 2.69. The molecule has 3 aromatic rings. The van der Waals surface area contributed by atoms with Crippen molar-refractivity contribution in [3.63, 3.8) is 0 Å². The van der Waals surface area contributed by atoms with E-state index in [1.165, 1.54) is 42.6 Å². The molecular weight excluding hydrogens is 442 g/mol. The van der Waals surface area contributed by atoms with E-state index in [1.54, 1.807) is 19.1 Å². The highest BCUT2D eigenvalue weighted by atomic mass is 35.5. The number of aromatic nitrogens is 3. The highest BCUT2D eigenvalue weighted by Gasteiger charge is 2.31. The van der Waals surface area contributed by atoms with Crippen LogP contribution in [0.1, 0.15) is 33.3 Å². The van der Waals surface area contributed by atoms with Crippen molar-refractivity contribution in [1.29, 1.82) is 0 Å². The van der Waals surface area contributed by atoms with Crippen LogP contribution in [-0.2, 0) is 11.3 Å². The summed E-state index contributed by atoms with van der Waals surface area (Å²) in [6, 6.07) is 11.6. The van der Waals surface area contributed by atoms with E-state index in [-0.39, 0.29) is 24.6 Å². The van der Waals surface area contributed by atoms with Crippen LogP contribution in [0.25, 0.3) is 0 Å². The molecule has 2 aromatic carbocycles. The number of esters is 1. The Morgan fingerprint density at radius 3 is 2.47 bits per heavy atom. The molecule has 32 heavy (non-hydrogen) atoms. The molecule has 0 bridgehead atoms. The van der Waals surface area contributed by atoms with Crippen molar-refractivity contribution in [3.05, 3.63) is 90.8 Å². The first-order valence-corrected chi connectivity index (χ1v) is 9.67. The summed E-state index contributed by atoms with van der Waals surface area (Å²) in [6.45, 7) is 1.25. The number of nitro groups is 1. The predicted molar refractivity (Wildman–Crippen MR) is 113 cm³/mol. The fourth-order valence-corrected chi connectivity index (χ4v) is 2.82. The zero-order valence-corrected chi connectivity index (χ0v) is 17.5. The second-order valence-electron chi connectivity index (χ2n) is 6.40. The molecule has 0 aliphatic rings. The summed E-state index contributed by atoms with van der Waals surface area (Å²) in [7, 11) is 0. The number of carbonyl (C=O) groups excluding carboxylic acids is 2. The van der Waals surface area contributed by atoms with Crippen LogP contribution in [-0.4, -0.2) is 39.5 Å². The Bertz CT molecular complexity index is 1240. The zero-order chi connectivity index (χ0) is 23.3. The van der Waals surface area contributed by atoms with Gasteiger partial charge in [-0.25, -0.2) is 9.59 Å². The molecule has 0 fully saturated rings. The van der Waals surface area contributed by atoms with Gasteiger partial charge in [-0.1, -0.05) is 21.9 Å². The normalized spacial score (nSPS) is 10.9. The van der Waals surface area contributed by atoms with E-state index in [0.29, 0.717) is 16.1 Å². The summed E-state index contributed by atoms with van der Waals surface area (Å²) < 4.78 is 5.97. The third-order valence-corrected chi connectivity index (χ3v) is 4.50. The molecule has 0 atom stereocenters. The number of benzene rings is 2. The molecule has 1 heterocycles. The van der Waals surface area contributed by atoms with Crippen LogP contribution in [0.5, 0.6) is 0 Å². The largest absolute Gasteiger partial charge is 0.459 e. The maximum atomic E-state index is 12.7. The summed E-state index contributed by atoms with van der Waals surface area (Å²) in [4.78, 5) is 48.6. The summed E-state index contributed by atoms with van der Waals surface area (Å²) >= 11 is 5.83. The lowest BCUT2D eigenvalue weighted by Gasteiger charge is -2.01. The van der Waals surface area contributed by atoms with Gasteiger partial charge in [0.05, 0.1) is 17.7 Å². The minimum Gasteiger partial charge on any atom is -0.459 e. The Hall–Kier alpha value is -4.12. The second-order valence-corrected chi connectivity index (χ2v) is 6.83. The molecule has 12 heteroatoms. The molecule has 0 amide bonds. The van der Waals surface area contributed by atoms with Crippen molar-refractivity contribution in [1.82, 2.24) is 10.0 Å². The molecule has 0 aliphatic heterocycles. The van der Waals surface area contributed by atoms with Crippen LogP contribution < -0.4 is 10.2 Å². The highest BCUT2D eigenvalue weighted by Crippen LogP contribution is 2.11. The summed E-state index contributed by atoms with van der Waals surface area (Å²) in [5.41, 5.74) is -0.527. The van der Waals surface area contributed by atoms with Crippen molar-refractivity contribution in [2.24, 2.45) is 5.10 Å². The van der Waals surface area contributed by atoms with Gasteiger partial charge in [0, 0.05) is 27.5 Å². The molecule has 0 saturated carbocycles. The summed E-state index contributed by atoms with van der Waals surface area (Å²) in [6.07, 6.45) is 1.27. The number of nitrogens with one attached hydrogen (secondary N) is 1. The summed E-state index contributed by atoms with van der Waals surface area (Å²) in [5, 5.41) is 17.7. The molecule has 0 saturated heterocycles. The number of nitro benzene ring substituents is 1. The summed E-state index contributed by atoms with van der Waals surface area (Å²) in [5.74, 6) is -1.30. The molecule has 1 N–H and O–H groups in total. The van der Waals surface area contributed by atoms with Gasteiger partial charge in [0.1, 0.15) is 0 Å². The second kappa shape index (κ2) is 9.79. The lowest BCUT2D eigenvalue weighted by Crippen LogP contribution is -2.46. The Balaban J connectivity index is 1.92. The number of hydrogen-bond acceptors (Lipinski definition) is 7. The third kappa shape index (κ3) is 5.13. The van der Waals surface area contributed by atoms with Crippen molar-refractivity contribution >= 4 is 35.3 Å². The number of ether oxygens (including phenoxy) is 1. The third-order valence-electron chi connectivity index (χ3n) is 4.24.